The minimum Gasteiger partial charge on any atom is -0.398 e. The van der Waals surface area contributed by atoms with Crippen LogP contribution in [0.4, 0.5) is 5.69 Å². The summed E-state index contributed by atoms with van der Waals surface area (Å²) in [5, 5.41) is 11.7. The summed E-state index contributed by atoms with van der Waals surface area (Å²) in [5.74, 6) is 0.119. The van der Waals surface area contributed by atoms with Gasteiger partial charge in [-0.25, -0.2) is 0 Å². The van der Waals surface area contributed by atoms with Gasteiger partial charge in [0.1, 0.15) is 0 Å². The maximum Gasteiger partial charge on any atom is 0.251 e. The van der Waals surface area contributed by atoms with Crippen LogP contribution in [0.1, 0.15) is 29.3 Å². The van der Waals surface area contributed by atoms with E-state index in [1.54, 1.807) is 12.1 Å². The second-order valence-electron chi connectivity index (χ2n) is 4.50. The number of aliphatic hydroxyl groups is 1. The van der Waals surface area contributed by atoms with Crippen LogP contribution < -0.4 is 11.1 Å². The molecule has 100 valence electrons. The molecule has 1 atom stereocenters. The monoisotopic (exact) mass is 314 g/mol. The highest BCUT2D eigenvalue weighted by molar-refractivity contribution is 9.10. The Bertz CT molecular complexity index is 435. The predicted molar refractivity (Wildman–Crippen MR) is 76.5 cm³/mol. The first-order valence-corrected chi connectivity index (χ1v) is 6.69. The quantitative estimate of drug-likeness (QED) is 0.728. The van der Waals surface area contributed by atoms with Gasteiger partial charge in [0.15, 0.2) is 0 Å². The lowest BCUT2D eigenvalue weighted by Gasteiger charge is -2.13. The molecule has 1 aromatic rings. The SMILES string of the molecule is Cc1c(N)cc(Br)cc1C(=O)NCC(C)CCO. The highest BCUT2D eigenvalue weighted by Crippen LogP contribution is 2.22. The number of aliphatic hydroxyl groups excluding tert-OH is 1. The van der Waals surface area contributed by atoms with Gasteiger partial charge in [0, 0.05) is 28.9 Å². The molecule has 1 amide bonds. The van der Waals surface area contributed by atoms with Crippen molar-refractivity contribution >= 4 is 27.5 Å². The fourth-order valence-electron chi connectivity index (χ4n) is 1.62. The van der Waals surface area contributed by atoms with E-state index in [9.17, 15) is 4.79 Å². The van der Waals surface area contributed by atoms with Crippen LogP contribution in [0.15, 0.2) is 16.6 Å². The topological polar surface area (TPSA) is 75.4 Å². The second kappa shape index (κ2) is 6.75. The van der Waals surface area contributed by atoms with Crippen molar-refractivity contribution in [2.75, 3.05) is 18.9 Å². The molecule has 0 aliphatic rings. The summed E-state index contributed by atoms with van der Waals surface area (Å²) in [6, 6.07) is 3.54. The highest BCUT2D eigenvalue weighted by Gasteiger charge is 2.13. The van der Waals surface area contributed by atoms with Crippen molar-refractivity contribution in [3.63, 3.8) is 0 Å². The molecule has 0 bridgehead atoms. The van der Waals surface area contributed by atoms with E-state index in [1.165, 1.54) is 0 Å². The maximum atomic E-state index is 12.0. The number of halogens is 1. The van der Waals surface area contributed by atoms with E-state index in [0.29, 0.717) is 24.2 Å². The fourth-order valence-corrected chi connectivity index (χ4v) is 2.10. The van der Waals surface area contributed by atoms with E-state index in [1.807, 2.05) is 13.8 Å². The van der Waals surface area contributed by atoms with Crippen molar-refractivity contribution in [2.45, 2.75) is 20.3 Å². The third-order valence-electron chi connectivity index (χ3n) is 2.89. The number of nitrogens with two attached hydrogens (primary N) is 1. The molecule has 0 heterocycles. The number of carbonyl (C=O) groups excluding carboxylic acids is 1. The Morgan fingerprint density at radius 2 is 2.22 bits per heavy atom. The van der Waals surface area contributed by atoms with E-state index >= 15 is 0 Å². The molecule has 0 aromatic heterocycles. The molecular formula is C13H19BrN2O2. The first kappa shape index (κ1) is 15.0. The molecule has 0 aliphatic heterocycles. The summed E-state index contributed by atoms with van der Waals surface area (Å²) >= 11 is 3.33. The average Bonchev–Trinajstić information content (AvgIpc) is 2.31. The average molecular weight is 315 g/mol. The Hall–Kier alpha value is -1.07. The van der Waals surface area contributed by atoms with Crippen molar-refractivity contribution in [3.05, 3.63) is 27.7 Å². The van der Waals surface area contributed by atoms with E-state index in [4.69, 9.17) is 10.8 Å². The van der Waals surface area contributed by atoms with Crippen molar-refractivity contribution in [1.82, 2.24) is 5.32 Å². The third-order valence-corrected chi connectivity index (χ3v) is 3.35. The third kappa shape index (κ3) is 3.99. The van der Waals surface area contributed by atoms with Gasteiger partial charge in [-0.15, -0.1) is 0 Å². The van der Waals surface area contributed by atoms with Crippen LogP contribution in [0.2, 0.25) is 0 Å². The molecule has 0 fully saturated rings. The summed E-state index contributed by atoms with van der Waals surface area (Å²) < 4.78 is 0.791. The largest absolute Gasteiger partial charge is 0.398 e. The Morgan fingerprint density at radius 3 is 2.83 bits per heavy atom. The molecule has 1 aromatic carbocycles. The van der Waals surface area contributed by atoms with Crippen LogP contribution >= 0.6 is 15.9 Å². The number of anilines is 1. The number of hydrogen-bond donors (Lipinski definition) is 3. The number of rotatable bonds is 5. The molecule has 0 saturated carbocycles. The van der Waals surface area contributed by atoms with Gasteiger partial charge in [0.25, 0.3) is 5.91 Å². The zero-order valence-corrected chi connectivity index (χ0v) is 12.3. The molecule has 0 spiro atoms. The van der Waals surface area contributed by atoms with E-state index in [-0.39, 0.29) is 18.4 Å². The first-order valence-electron chi connectivity index (χ1n) is 5.90. The minimum atomic E-state index is -0.134. The van der Waals surface area contributed by atoms with Crippen LogP contribution in [0, 0.1) is 12.8 Å². The number of benzene rings is 1. The van der Waals surface area contributed by atoms with E-state index in [2.05, 4.69) is 21.2 Å². The van der Waals surface area contributed by atoms with Crippen molar-refractivity contribution < 1.29 is 9.90 Å². The van der Waals surface area contributed by atoms with Gasteiger partial charge in [0.05, 0.1) is 0 Å². The maximum absolute atomic E-state index is 12.0. The smallest absolute Gasteiger partial charge is 0.251 e. The molecule has 18 heavy (non-hydrogen) atoms. The van der Waals surface area contributed by atoms with E-state index < -0.39 is 0 Å². The van der Waals surface area contributed by atoms with Crippen LogP contribution in [-0.2, 0) is 0 Å². The lowest BCUT2D eigenvalue weighted by atomic mass is 10.1. The second-order valence-corrected chi connectivity index (χ2v) is 5.41. The van der Waals surface area contributed by atoms with Gasteiger partial charge in [-0.1, -0.05) is 22.9 Å². The molecular weight excluding hydrogens is 296 g/mol. The summed E-state index contributed by atoms with van der Waals surface area (Å²) in [4.78, 5) is 12.0. The number of nitrogen functional groups attached to an aromatic ring is 1. The predicted octanol–water partition coefficient (Wildman–Crippen LogP) is 2.09. The van der Waals surface area contributed by atoms with Gasteiger partial charge in [-0.3, -0.25) is 4.79 Å². The Balaban J connectivity index is 2.73. The van der Waals surface area contributed by atoms with Crippen molar-refractivity contribution in [1.29, 1.82) is 0 Å². The van der Waals surface area contributed by atoms with Crippen molar-refractivity contribution in [3.8, 4) is 0 Å². The minimum absolute atomic E-state index is 0.134. The first-order chi connectivity index (χ1) is 8.45. The zero-order chi connectivity index (χ0) is 13.7. The molecule has 0 radical (unpaired) electrons. The van der Waals surface area contributed by atoms with Crippen LogP contribution in [0.5, 0.6) is 0 Å². The molecule has 5 heteroatoms. The number of hydrogen-bond acceptors (Lipinski definition) is 3. The van der Waals surface area contributed by atoms with Gasteiger partial charge < -0.3 is 16.2 Å². The summed E-state index contributed by atoms with van der Waals surface area (Å²) in [6.45, 7) is 4.50. The fraction of sp³-hybridized carbons (Fsp3) is 0.462. The van der Waals surface area contributed by atoms with Gasteiger partial charge >= 0.3 is 0 Å². The summed E-state index contributed by atoms with van der Waals surface area (Å²) in [6.07, 6.45) is 0.680. The molecule has 1 unspecified atom stereocenters. The standard InChI is InChI=1S/C13H19BrN2O2/c1-8(3-4-17)7-16-13(18)11-5-10(14)6-12(15)9(11)2/h5-6,8,17H,3-4,7,15H2,1-2H3,(H,16,18). The van der Waals surface area contributed by atoms with E-state index in [0.717, 1.165) is 10.0 Å². The summed E-state index contributed by atoms with van der Waals surface area (Å²) in [7, 11) is 0. The lowest BCUT2D eigenvalue weighted by molar-refractivity contribution is 0.0945. The van der Waals surface area contributed by atoms with Crippen molar-refractivity contribution in [2.24, 2.45) is 5.92 Å². The Labute approximate surface area is 116 Å². The van der Waals surface area contributed by atoms with Gasteiger partial charge in [-0.05, 0) is 37.0 Å². The molecule has 1 rings (SSSR count). The lowest BCUT2D eigenvalue weighted by Crippen LogP contribution is -2.29. The molecule has 0 aliphatic carbocycles. The molecule has 0 saturated heterocycles. The zero-order valence-electron chi connectivity index (χ0n) is 10.7. The number of nitrogens with one attached hydrogen (secondary N) is 1. The number of amides is 1. The Morgan fingerprint density at radius 1 is 1.56 bits per heavy atom. The van der Waals surface area contributed by atoms with Crippen LogP contribution in [0.3, 0.4) is 0 Å². The molecule has 4 nitrogen and oxygen atoms in total. The van der Waals surface area contributed by atoms with Gasteiger partial charge in [-0.2, -0.15) is 0 Å². The molecule has 4 N–H and O–H groups in total. The highest BCUT2D eigenvalue weighted by atomic mass is 79.9. The Kier molecular flexibility index (Phi) is 5.62. The van der Waals surface area contributed by atoms with Crippen LogP contribution in [-0.4, -0.2) is 24.2 Å². The van der Waals surface area contributed by atoms with Crippen LogP contribution in [0.25, 0.3) is 0 Å². The summed E-state index contributed by atoms with van der Waals surface area (Å²) in [5.41, 5.74) is 7.78. The van der Waals surface area contributed by atoms with Gasteiger partial charge in [0.2, 0.25) is 0 Å². The number of carbonyl (C=O) groups is 1. The normalized spacial score (nSPS) is 12.2.